The van der Waals surface area contributed by atoms with Gasteiger partial charge in [0, 0.05) is 0 Å². The maximum absolute atomic E-state index is 5.81. The molecule has 2 aliphatic rings. The lowest BCUT2D eigenvalue weighted by atomic mass is 9.84. The summed E-state index contributed by atoms with van der Waals surface area (Å²) in [5.41, 5.74) is 0. The van der Waals surface area contributed by atoms with Crippen molar-refractivity contribution in [2.75, 3.05) is 0 Å². The normalized spacial score (nSPS) is 13.7. The Labute approximate surface area is 162 Å². The molecule has 0 bridgehead atoms. The van der Waals surface area contributed by atoms with Crippen LogP contribution in [0.3, 0.4) is 0 Å². The summed E-state index contributed by atoms with van der Waals surface area (Å²) in [7, 11) is -1.36. The third-order valence-corrected chi connectivity index (χ3v) is 4.88. The minimum Gasteiger partial charge on any atom is -0.512 e. The van der Waals surface area contributed by atoms with E-state index in [0.717, 1.165) is 21.5 Å². The molecular weight excluding hydrogens is 350 g/mol. The Morgan fingerprint density at radius 1 is 0.464 bits per heavy atom. The summed E-state index contributed by atoms with van der Waals surface area (Å²) in [6, 6.07) is 24.0. The average molecular weight is 362 g/mol. The van der Waals surface area contributed by atoms with Gasteiger partial charge < -0.3 is 18.6 Å². The first kappa shape index (κ1) is 15.4. The van der Waals surface area contributed by atoms with Crippen LogP contribution < -0.4 is 18.6 Å². The maximum atomic E-state index is 5.81. The fourth-order valence-corrected chi connectivity index (χ4v) is 3.53. The van der Waals surface area contributed by atoms with E-state index in [4.69, 9.17) is 18.6 Å². The predicted molar refractivity (Wildman–Crippen MR) is 110 cm³/mol. The molecule has 0 unspecified atom stereocenters. The van der Waals surface area contributed by atoms with Crippen LogP contribution in [0, 0.1) is 11.6 Å². The number of hydrogen-bond donors (Lipinski definition) is 0. The summed E-state index contributed by atoms with van der Waals surface area (Å²) in [4.78, 5) is 0. The van der Waals surface area contributed by atoms with Crippen LogP contribution in [0.15, 0.2) is 72.8 Å². The SMILES string of the molecule is C(#CB1Oc2cc3ccccc3cc2O1)B1Oc2cc3ccccc3cc2O1. The van der Waals surface area contributed by atoms with E-state index in [1.54, 1.807) is 0 Å². The van der Waals surface area contributed by atoms with Crippen molar-refractivity contribution in [1.82, 2.24) is 0 Å². The van der Waals surface area contributed by atoms with Gasteiger partial charge in [0.25, 0.3) is 0 Å². The Morgan fingerprint density at radius 3 is 1.04 bits per heavy atom. The second kappa shape index (κ2) is 5.90. The van der Waals surface area contributed by atoms with E-state index < -0.39 is 14.2 Å². The Balaban J connectivity index is 1.22. The van der Waals surface area contributed by atoms with Crippen LogP contribution in [0.25, 0.3) is 21.5 Å². The smallest absolute Gasteiger partial charge is 0.512 e. The second-order valence-electron chi connectivity index (χ2n) is 6.72. The number of fused-ring (bicyclic) bond motifs is 4. The van der Waals surface area contributed by atoms with Crippen molar-refractivity contribution < 1.29 is 18.6 Å². The van der Waals surface area contributed by atoms with Crippen LogP contribution in [0.2, 0.25) is 0 Å². The number of hydrogen-bond acceptors (Lipinski definition) is 4. The molecule has 2 heterocycles. The van der Waals surface area contributed by atoms with Gasteiger partial charge in [-0.15, -0.1) is 0 Å². The fourth-order valence-electron chi connectivity index (χ4n) is 3.53. The molecule has 28 heavy (non-hydrogen) atoms. The molecule has 2 aliphatic heterocycles. The van der Waals surface area contributed by atoms with Crippen LogP contribution in [-0.4, -0.2) is 14.2 Å². The van der Waals surface area contributed by atoms with E-state index in [1.165, 1.54) is 0 Å². The van der Waals surface area contributed by atoms with Crippen molar-refractivity contribution in [3.63, 3.8) is 0 Å². The fraction of sp³-hybridized carbons (Fsp3) is 0. The molecule has 0 radical (unpaired) electrons. The van der Waals surface area contributed by atoms with Gasteiger partial charge in [0.2, 0.25) is 0 Å². The number of rotatable bonds is 0. The molecule has 130 valence electrons. The Kier molecular flexibility index (Phi) is 3.24. The van der Waals surface area contributed by atoms with Gasteiger partial charge in [0.05, 0.1) is 0 Å². The molecule has 0 atom stereocenters. The lowest BCUT2D eigenvalue weighted by Crippen LogP contribution is -2.27. The van der Waals surface area contributed by atoms with Gasteiger partial charge >= 0.3 is 14.2 Å². The van der Waals surface area contributed by atoms with Crippen LogP contribution >= 0.6 is 0 Å². The Morgan fingerprint density at radius 2 is 0.750 bits per heavy atom. The standard InChI is InChI=1S/C22H12B2O4/c1-2-6-16-12-20-19(11-15(16)5-1)25-23(26-20)9-10-24-27-21-13-17-7-3-4-8-18(17)14-22(21)28-24/h1-8,11-14H. The minimum atomic E-state index is -0.679. The van der Waals surface area contributed by atoms with E-state index >= 15 is 0 Å². The van der Waals surface area contributed by atoms with Crippen molar-refractivity contribution in [3.8, 4) is 34.6 Å². The molecule has 0 amide bonds. The third-order valence-electron chi connectivity index (χ3n) is 4.88. The minimum absolute atomic E-state index is 0.679. The molecular formula is C22H12B2O4. The lowest BCUT2D eigenvalue weighted by molar-refractivity contribution is 0.516. The van der Waals surface area contributed by atoms with Crippen LogP contribution in [0.5, 0.6) is 23.0 Å². The highest BCUT2D eigenvalue weighted by atomic mass is 16.6. The van der Waals surface area contributed by atoms with E-state index in [1.807, 2.05) is 72.8 Å². The molecule has 0 spiro atoms. The van der Waals surface area contributed by atoms with Gasteiger partial charge in [-0.3, -0.25) is 0 Å². The van der Waals surface area contributed by atoms with E-state index in [0.29, 0.717) is 23.0 Å². The highest BCUT2D eigenvalue weighted by Crippen LogP contribution is 2.38. The van der Waals surface area contributed by atoms with Crippen LogP contribution in [-0.2, 0) is 0 Å². The monoisotopic (exact) mass is 362 g/mol. The molecule has 4 nitrogen and oxygen atoms in total. The molecule has 4 aromatic rings. The van der Waals surface area contributed by atoms with Gasteiger partial charge in [0.1, 0.15) is 23.0 Å². The van der Waals surface area contributed by atoms with Gasteiger partial charge in [-0.2, -0.15) is 0 Å². The predicted octanol–water partition coefficient (Wildman–Crippen LogP) is 4.29. The van der Waals surface area contributed by atoms with E-state index in [2.05, 4.69) is 11.6 Å². The van der Waals surface area contributed by atoms with Crippen molar-refractivity contribution in [1.29, 1.82) is 0 Å². The quantitative estimate of drug-likeness (QED) is 0.346. The van der Waals surface area contributed by atoms with Crippen molar-refractivity contribution in [2.24, 2.45) is 0 Å². The molecule has 0 saturated heterocycles. The molecule has 0 N–H and O–H groups in total. The zero-order valence-corrected chi connectivity index (χ0v) is 14.7. The Bertz CT molecular complexity index is 1120. The first-order valence-electron chi connectivity index (χ1n) is 9.05. The van der Waals surface area contributed by atoms with Crippen molar-refractivity contribution in [3.05, 3.63) is 72.8 Å². The summed E-state index contributed by atoms with van der Waals surface area (Å²) in [6.45, 7) is 0. The first-order valence-corrected chi connectivity index (χ1v) is 9.05. The maximum Gasteiger partial charge on any atom is 0.689 e. The summed E-state index contributed by atoms with van der Waals surface area (Å²) in [5.74, 6) is 8.69. The zero-order chi connectivity index (χ0) is 18.5. The van der Waals surface area contributed by atoms with Crippen LogP contribution in [0.4, 0.5) is 0 Å². The van der Waals surface area contributed by atoms with Gasteiger partial charge in [0.15, 0.2) is 0 Å². The van der Waals surface area contributed by atoms with Gasteiger partial charge in [-0.05, 0) is 45.8 Å². The van der Waals surface area contributed by atoms with Crippen molar-refractivity contribution >= 4 is 35.8 Å². The average Bonchev–Trinajstić information content (AvgIpc) is 3.30. The van der Waals surface area contributed by atoms with Crippen LogP contribution in [0.1, 0.15) is 0 Å². The highest BCUT2D eigenvalue weighted by molar-refractivity contribution is 6.63. The molecule has 0 aliphatic carbocycles. The topological polar surface area (TPSA) is 36.9 Å². The summed E-state index contributed by atoms with van der Waals surface area (Å²) < 4.78 is 23.2. The van der Waals surface area contributed by atoms with Crippen molar-refractivity contribution in [2.45, 2.75) is 0 Å². The zero-order valence-electron chi connectivity index (χ0n) is 14.7. The highest BCUT2D eigenvalue weighted by Gasteiger charge is 2.34. The third kappa shape index (κ3) is 2.52. The van der Waals surface area contributed by atoms with E-state index in [9.17, 15) is 0 Å². The molecule has 6 heteroatoms. The molecule has 0 saturated carbocycles. The second-order valence-corrected chi connectivity index (χ2v) is 6.72. The molecule has 4 aromatic carbocycles. The van der Waals surface area contributed by atoms with Gasteiger partial charge in [-0.25, -0.2) is 0 Å². The Hall–Kier alpha value is -3.71. The molecule has 0 fully saturated rings. The molecule has 6 rings (SSSR count). The summed E-state index contributed by atoms with van der Waals surface area (Å²) in [5, 5.41) is 4.40. The number of benzene rings is 4. The lowest BCUT2D eigenvalue weighted by Gasteiger charge is -2.00. The largest absolute Gasteiger partial charge is 0.689 e. The van der Waals surface area contributed by atoms with Gasteiger partial charge in [-0.1, -0.05) is 60.2 Å². The molecule has 0 aromatic heterocycles. The summed E-state index contributed by atoms with van der Waals surface area (Å²) in [6.07, 6.45) is 0. The first-order chi connectivity index (χ1) is 13.8. The van der Waals surface area contributed by atoms with E-state index in [-0.39, 0.29) is 0 Å². The summed E-state index contributed by atoms with van der Waals surface area (Å²) >= 11 is 0.